The summed E-state index contributed by atoms with van der Waals surface area (Å²) >= 11 is 0. The van der Waals surface area contributed by atoms with Crippen molar-refractivity contribution in [2.45, 2.75) is 0 Å². The molecule has 0 amide bonds. The standard InChI is InChI=1S/C9H9N3O/c13-5-1-2-7-6-11-9-8(12-7)3-4-10-9/h1-4,6,13H,5H2,(H,10,11). The third-order valence-corrected chi connectivity index (χ3v) is 1.67. The molecule has 0 aliphatic rings. The summed E-state index contributed by atoms with van der Waals surface area (Å²) in [6, 6.07) is 1.86. The molecule has 0 radical (unpaired) electrons. The van der Waals surface area contributed by atoms with E-state index in [2.05, 4.69) is 15.0 Å². The fourth-order valence-corrected chi connectivity index (χ4v) is 1.10. The zero-order valence-corrected chi connectivity index (χ0v) is 6.94. The second-order valence-electron chi connectivity index (χ2n) is 2.59. The molecular weight excluding hydrogens is 166 g/mol. The van der Waals surface area contributed by atoms with Crippen LogP contribution in [0.25, 0.3) is 17.2 Å². The smallest absolute Gasteiger partial charge is 0.156 e. The Bertz CT molecular complexity index is 433. The van der Waals surface area contributed by atoms with Gasteiger partial charge in [-0.05, 0) is 12.1 Å². The molecule has 0 aromatic carbocycles. The van der Waals surface area contributed by atoms with Gasteiger partial charge in [0.05, 0.1) is 18.5 Å². The Morgan fingerprint density at radius 3 is 3.31 bits per heavy atom. The number of aromatic nitrogens is 3. The maximum Gasteiger partial charge on any atom is 0.156 e. The molecule has 0 atom stereocenters. The van der Waals surface area contributed by atoms with Crippen molar-refractivity contribution in [1.29, 1.82) is 0 Å². The first-order valence-electron chi connectivity index (χ1n) is 3.97. The highest BCUT2D eigenvalue weighted by Crippen LogP contribution is 2.07. The molecule has 2 aromatic heterocycles. The Morgan fingerprint density at radius 1 is 1.54 bits per heavy atom. The van der Waals surface area contributed by atoms with Crippen LogP contribution in [-0.4, -0.2) is 26.7 Å². The Balaban J connectivity index is 2.42. The number of fused-ring (bicyclic) bond motifs is 1. The van der Waals surface area contributed by atoms with Crippen LogP contribution in [0, 0.1) is 0 Å². The minimum atomic E-state index is 0.0207. The van der Waals surface area contributed by atoms with E-state index in [4.69, 9.17) is 5.11 Å². The van der Waals surface area contributed by atoms with E-state index in [-0.39, 0.29) is 6.61 Å². The number of H-pyrrole nitrogens is 1. The number of hydrogen-bond acceptors (Lipinski definition) is 3. The van der Waals surface area contributed by atoms with Gasteiger partial charge in [-0.2, -0.15) is 0 Å². The fourth-order valence-electron chi connectivity index (χ4n) is 1.10. The van der Waals surface area contributed by atoms with Crippen molar-refractivity contribution in [3.63, 3.8) is 0 Å². The van der Waals surface area contributed by atoms with Crippen molar-refractivity contribution in [1.82, 2.24) is 15.0 Å². The lowest BCUT2D eigenvalue weighted by atomic mass is 10.4. The summed E-state index contributed by atoms with van der Waals surface area (Å²) < 4.78 is 0. The number of aromatic amines is 1. The molecule has 0 saturated heterocycles. The molecule has 0 spiro atoms. The van der Waals surface area contributed by atoms with Crippen LogP contribution in [0.4, 0.5) is 0 Å². The van der Waals surface area contributed by atoms with Crippen LogP contribution in [0.1, 0.15) is 5.69 Å². The predicted octanol–water partition coefficient (Wildman–Crippen LogP) is 0.963. The number of hydrogen-bond donors (Lipinski definition) is 2. The number of rotatable bonds is 2. The highest BCUT2D eigenvalue weighted by Gasteiger charge is 1.96. The molecule has 4 heteroatoms. The molecule has 0 bridgehead atoms. The SMILES string of the molecule is OCC=Cc1cnc2[nH]ccc2n1. The Morgan fingerprint density at radius 2 is 2.46 bits per heavy atom. The van der Waals surface area contributed by atoms with Gasteiger partial charge < -0.3 is 10.1 Å². The molecule has 66 valence electrons. The van der Waals surface area contributed by atoms with E-state index in [1.54, 1.807) is 24.5 Å². The molecule has 2 aromatic rings. The summed E-state index contributed by atoms with van der Waals surface area (Å²) in [7, 11) is 0. The van der Waals surface area contributed by atoms with E-state index >= 15 is 0 Å². The summed E-state index contributed by atoms with van der Waals surface area (Å²) in [6.07, 6.45) is 6.82. The first-order chi connectivity index (χ1) is 6.40. The Labute approximate surface area is 75.0 Å². The van der Waals surface area contributed by atoms with Crippen LogP contribution in [0.2, 0.25) is 0 Å². The fraction of sp³-hybridized carbons (Fsp3) is 0.111. The number of aliphatic hydroxyl groups is 1. The van der Waals surface area contributed by atoms with Gasteiger partial charge in [-0.3, -0.25) is 0 Å². The minimum Gasteiger partial charge on any atom is -0.392 e. The number of nitrogens with one attached hydrogen (secondary N) is 1. The average molecular weight is 175 g/mol. The molecule has 2 N–H and O–H groups in total. The molecular formula is C9H9N3O. The van der Waals surface area contributed by atoms with E-state index in [0.717, 1.165) is 16.9 Å². The molecule has 4 nitrogen and oxygen atoms in total. The lowest BCUT2D eigenvalue weighted by Gasteiger charge is -1.91. The van der Waals surface area contributed by atoms with E-state index in [0.29, 0.717) is 0 Å². The summed E-state index contributed by atoms with van der Waals surface area (Å²) in [5.74, 6) is 0. The monoisotopic (exact) mass is 175 g/mol. The molecule has 0 saturated carbocycles. The normalized spacial score (nSPS) is 11.5. The van der Waals surface area contributed by atoms with E-state index < -0.39 is 0 Å². The van der Waals surface area contributed by atoms with E-state index in [1.807, 2.05) is 6.07 Å². The molecule has 0 aliphatic carbocycles. The van der Waals surface area contributed by atoms with Crippen LogP contribution >= 0.6 is 0 Å². The van der Waals surface area contributed by atoms with Gasteiger partial charge in [0.25, 0.3) is 0 Å². The molecule has 0 aliphatic heterocycles. The van der Waals surface area contributed by atoms with Crippen molar-refractivity contribution in [2.75, 3.05) is 6.61 Å². The average Bonchev–Trinajstić information content (AvgIpc) is 2.61. The molecule has 2 rings (SSSR count). The topological polar surface area (TPSA) is 61.8 Å². The van der Waals surface area contributed by atoms with Crippen molar-refractivity contribution in [2.24, 2.45) is 0 Å². The van der Waals surface area contributed by atoms with Crippen LogP contribution in [0.15, 0.2) is 24.5 Å². The van der Waals surface area contributed by atoms with Crippen LogP contribution in [0.5, 0.6) is 0 Å². The zero-order valence-electron chi connectivity index (χ0n) is 6.94. The van der Waals surface area contributed by atoms with Crippen molar-refractivity contribution >= 4 is 17.2 Å². The summed E-state index contributed by atoms with van der Waals surface area (Å²) in [5.41, 5.74) is 2.36. The summed E-state index contributed by atoms with van der Waals surface area (Å²) in [6.45, 7) is 0.0207. The second-order valence-corrected chi connectivity index (χ2v) is 2.59. The third kappa shape index (κ3) is 1.57. The first kappa shape index (κ1) is 7.94. The van der Waals surface area contributed by atoms with Gasteiger partial charge in [0.15, 0.2) is 5.65 Å². The van der Waals surface area contributed by atoms with E-state index in [9.17, 15) is 0 Å². The van der Waals surface area contributed by atoms with Gasteiger partial charge in [-0.25, -0.2) is 9.97 Å². The molecule has 13 heavy (non-hydrogen) atoms. The van der Waals surface area contributed by atoms with Crippen molar-refractivity contribution < 1.29 is 5.11 Å². The lowest BCUT2D eigenvalue weighted by Crippen LogP contribution is -1.85. The van der Waals surface area contributed by atoms with Gasteiger partial charge in [0, 0.05) is 6.20 Å². The summed E-state index contributed by atoms with van der Waals surface area (Å²) in [4.78, 5) is 11.4. The number of aliphatic hydroxyl groups excluding tert-OH is 1. The van der Waals surface area contributed by atoms with Crippen LogP contribution in [0.3, 0.4) is 0 Å². The van der Waals surface area contributed by atoms with Gasteiger partial charge >= 0.3 is 0 Å². The van der Waals surface area contributed by atoms with Gasteiger partial charge in [-0.1, -0.05) is 6.08 Å². The molecule has 0 unspecified atom stereocenters. The van der Waals surface area contributed by atoms with Gasteiger partial charge in [0.2, 0.25) is 0 Å². The largest absolute Gasteiger partial charge is 0.392 e. The minimum absolute atomic E-state index is 0.0207. The first-order valence-corrected chi connectivity index (χ1v) is 3.97. The van der Waals surface area contributed by atoms with Gasteiger partial charge in [0.1, 0.15) is 5.52 Å². The highest BCUT2D eigenvalue weighted by molar-refractivity contribution is 5.71. The third-order valence-electron chi connectivity index (χ3n) is 1.67. The Kier molecular flexibility index (Phi) is 2.06. The van der Waals surface area contributed by atoms with Crippen LogP contribution in [-0.2, 0) is 0 Å². The van der Waals surface area contributed by atoms with E-state index in [1.165, 1.54) is 0 Å². The van der Waals surface area contributed by atoms with Crippen LogP contribution < -0.4 is 0 Å². The quantitative estimate of drug-likeness (QED) is 0.714. The van der Waals surface area contributed by atoms with Crippen molar-refractivity contribution in [3.05, 3.63) is 30.2 Å². The maximum absolute atomic E-state index is 8.56. The molecule has 2 heterocycles. The predicted molar refractivity (Wildman–Crippen MR) is 50.0 cm³/mol. The lowest BCUT2D eigenvalue weighted by molar-refractivity contribution is 0.343. The molecule has 0 fully saturated rings. The van der Waals surface area contributed by atoms with Gasteiger partial charge in [-0.15, -0.1) is 0 Å². The maximum atomic E-state index is 8.56. The Hall–Kier alpha value is -1.68. The highest BCUT2D eigenvalue weighted by atomic mass is 16.2. The zero-order chi connectivity index (χ0) is 9.10. The summed E-state index contributed by atoms with van der Waals surface area (Å²) in [5, 5.41) is 8.56. The second kappa shape index (κ2) is 3.37. The number of nitrogens with zero attached hydrogens (tertiary/aromatic N) is 2. The van der Waals surface area contributed by atoms with Crippen molar-refractivity contribution in [3.8, 4) is 0 Å².